The van der Waals surface area contributed by atoms with Gasteiger partial charge in [0.15, 0.2) is 22.9 Å². The van der Waals surface area contributed by atoms with E-state index in [1.54, 1.807) is 31.9 Å². The highest BCUT2D eigenvalue weighted by molar-refractivity contribution is 9.10. The molecule has 0 fully saturated rings. The molecule has 0 saturated carbocycles. The smallest absolute Gasteiger partial charge is 0.171 e. The minimum atomic E-state index is -0.465. The Labute approximate surface area is 235 Å². The number of carbonyl (C=O) groups is 2. The van der Waals surface area contributed by atoms with Crippen LogP contribution in [0.2, 0.25) is 0 Å². The predicted octanol–water partition coefficient (Wildman–Crippen LogP) is 6.81. The van der Waals surface area contributed by atoms with Crippen molar-refractivity contribution >= 4 is 49.8 Å². The molecule has 4 heterocycles. The monoisotopic (exact) mass is 590 g/mol. The summed E-state index contributed by atoms with van der Waals surface area (Å²) in [7, 11) is 1.63. The van der Waals surface area contributed by atoms with Gasteiger partial charge in [-0.25, -0.2) is 19.9 Å². The maximum Gasteiger partial charge on any atom is 0.171 e. The topological polar surface area (TPSA) is 127 Å². The van der Waals surface area contributed by atoms with Gasteiger partial charge in [0.2, 0.25) is 0 Å². The number of ketones is 2. The molecule has 10 heteroatoms. The number of nitrogens with zero attached hydrogens (tertiary/aromatic N) is 4. The van der Waals surface area contributed by atoms with Crippen molar-refractivity contribution in [3.8, 4) is 17.0 Å². The molecule has 0 aliphatic carbocycles. The lowest BCUT2D eigenvalue weighted by atomic mass is 9.87. The van der Waals surface area contributed by atoms with E-state index in [2.05, 4.69) is 45.8 Å². The van der Waals surface area contributed by atoms with Gasteiger partial charge in [-0.3, -0.25) is 9.59 Å². The molecule has 4 aromatic heterocycles. The average molecular weight is 592 g/mol. The van der Waals surface area contributed by atoms with Crippen LogP contribution >= 0.6 is 15.9 Å². The minimum Gasteiger partial charge on any atom is -0.497 e. The van der Waals surface area contributed by atoms with Gasteiger partial charge in [-0.1, -0.05) is 41.5 Å². The number of H-pyrrole nitrogens is 2. The van der Waals surface area contributed by atoms with E-state index in [9.17, 15) is 9.59 Å². The Morgan fingerprint density at radius 1 is 0.769 bits per heavy atom. The summed E-state index contributed by atoms with van der Waals surface area (Å²) in [5.41, 5.74) is 4.43. The minimum absolute atomic E-state index is 0.0462. The number of rotatable bonds is 4. The number of ether oxygens (including phenoxy) is 1. The van der Waals surface area contributed by atoms with Crippen molar-refractivity contribution in [2.75, 3.05) is 7.11 Å². The van der Waals surface area contributed by atoms with Crippen LogP contribution in [-0.2, 0) is 0 Å². The number of halogens is 1. The predicted molar refractivity (Wildman–Crippen MR) is 155 cm³/mol. The summed E-state index contributed by atoms with van der Waals surface area (Å²) >= 11 is 3.25. The molecule has 0 unspecified atom stereocenters. The van der Waals surface area contributed by atoms with Crippen molar-refractivity contribution in [2.45, 2.75) is 41.5 Å². The first-order chi connectivity index (χ1) is 18.3. The number of nitrogens with one attached hydrogen (secondary N) is 2. The molecule has 0 saturated heterocycles. The Bertz CT molecular complexity index is 1660. The van der Waals surface area contributed by atoms with E-state index in [0.717, 1.165) is 17.0 Å². The van der Waals surface area contributed by atoms with Gasteiger partial charge in [-0.05, 0) is 40.2 Å². The van der Waals surface area contributed by atoms with E-state index in [1.807, 2.05) is 65.8 Å². The molecule has 0 aliphatic heterocycles. The van der Waals surface area contributed by atoms with Crippen LogP contribution in [-0.4, -0.2) is 48.6 Å². The van der Waals surface area contributed by atoms with Crippen LogP contribution in [0.4, 0.5) is 0 Å². The van der Waals surface area contributed by atoms with Crippen LogP contribution in [0.3, 0.4) is 0 Å². The van der Waals surface area contributed by atoms with Crippen LogP contribution in [0.25, 0.3) is 33.6 Å². The van der Waals surface area contributed by atoms with Gasteiger partial charge in [0.1, 0.15) is 21.4 Å². The molecule has 0 radical (unpaired) electrons. The molecule has 0 atom stereocenters. The first kappa shape index (κ1) is 28.1. The van der Waals surface area contributed by atoms with E-state index < -0.39 is 10.8 Å². The highest BCUT2D eigenvalue weighted by Crippen LogP contribution is 2.28. The fourth-order valence-corrected chi connectivity index (χ4v) is 4.10. The van der Waals surface area contributed by atoms with Crippen LogP contribution in [0, 0.1) is 10.8 Å². The van der Waals surface area contributed by atoms with Crippen LogP contribution < -0.4 is 4.74 Å². The van der Waals surface area contributed by atoms with Gasteiger partial charge in [-0.15, -0.1) is 0 Å². The molecule has 2 N–H and O–H groups in total. The zero-order valence-corrected chi connectivity index (χ0v) is 24.6. The number of methoxy groups -OCH3 is 1. The quantitative estimate of drug-likeness (QED) is 0.220. The van der Waals surface area contributed by atoms with Crippen LogP contribution in [0.5, 0.6) is 5.75 Å². The Hall–Kier alpha value is -3.92. The Kier molecular flexibility index (Phi) is 7.70. The number of hydrogen-bond donors (Lipinski definition) is 2. The Morgan fingerprint density at radius 3 is 1.74 bits per heavy atom. The molecule has 0 bridgehead atoms. The van der Waals surface area contributed by atoms with Crippen molar-refractivity contribution in [1.29, 1.82) is 0 Å². The summed E-state index contributed by atoms with van der Waals surface area (Å²) in [6.07, 6.45) is 6.66. The Balaban J connectivity index is 0.000000193. The summed E-state index contributed by atoms with van der Waals surface area (Å²) in [4.78, 5) is 48.1. The summed E-state index contributed by atoms with van der Waals surface area (Å²) in [5, 5.41) is 0. The number of aromatic nitrogens is 6. The summed E-state index contributed by atoms with van der Waals surface area (Å²) in [6.45, 7) is 11.4. The molecule has 0 spiro atoms. The number of fused-ring (bicyclic) bond motifs is 2. The van der Waals surface area contributed by atoms with E-state index >= 15 is 0 Å². The van der Waals surface area contributed by atoms with E-state index in [0.29, 0.717) is 38.1 Å². The fraction of sp³-hybridized carbons (Fsp3) is 0.310. The molecule has 0 aliphatic rings. The highest BCUT2D eigenvalue weighted by atomic mass is 79.9. The van der Waals surface area contributed by atoms with Crippen molar-refractivity contribution in [2.24, 2.45) is 10.8 Å². The third-order valence-electron chi connectivity index (χ3n) is 5.97. The van der Waals surface area contributed by atoms with E-state index in [4.69, 9.17) is 4.74 Å². The van der Waals surface area contributed by atoms with Gasteiger partial charge in [-0.2, -0.15) is 0 Å². The van der Waals surface area contributed by atoms with Gasteiger partial charge >= 0.3 is 0 Å². The number of benzene rings is 1. The highest BCUT2D eigenvalue weighted by Gasteiger charge is 2.27. The molecule has 202 valence electrons. The third-order valence-corrected chi connectivity index (χ3v) is 6.35. The maximum absolute atomic E-state index is 12.6. The number of aromatic amines is 2. The molecule has 9 nitrogen and oxygen atoms in total. The largest absolute Gasteiger partial charge is 0.497 e. The molecular formula is C29H31BrN6O3. The number of carbonyl (C=O) groups excluding carboxylic acids is 2. The third kappa shape index (κ3) is 6.06. The second kappa shape index (κ2) is 10.7. The van der Waals surface area contributed by atoms with Crippen LogP contribution in [0.15, 0.2) is 53.7 Å². The zero-order chi connectivity index (χ0) is 28.5. The number of hydrogen-bond acceptors (Lipinski definition) is 7. The normalized spacial score (nSPS) is 11.8. The first-order valence-corrected chi connectivity index (χ1v) is 13.2. The lowest BCUT2D eigenvalue weighted by Gasteiger charge is -2.15. The van der Waals surface area contributed by atoms with Gasteiger partial charge < -0.3 is 14.7 Å². The maximum atomic E-state index is 12.6. The molecule has 0 amide bonds. The van der Waals surface area contributed by atoms with Crippen molar-refractivity contribution in [3.63, 3.8) is 0 Å². The van der Waals surface area contributed by atoms with Crippen molar-refractivity contribution < 1.29 is 14.3 Å². The molecular weight excluding hydrogens is 560 g/mol. The van der Waals surface area contributed by atoms with Gasteiger partial charge in [0.25, 0.3) is 0 Å². The molecule has 5 rings (SSSR count). The fourth-order valence-electron chi connectivity index (χ4n) is 3.82. The number of Topliss-reactive ketones (excluding diaryl/α,β-unsaturated/α-hetero) is 2. The summed E-state index contributed by atoms with van der Waals surface area (Å²) < 4.78 is 5.79. The summed E-state index contributed by atoms with van der Waals surface area (Å²) in [6, 6.07) is 7.60. The molecule has 5 aromatic rings. The van der Waals surface area contributed by atoms with Gasteiger partial charge in [0.05, 0.1) is 36.3 Å². The zero-order valence-electron chi connectivity index (χ0n) is 23.0. The van der Waals surface area contributed by atoms with E-state index in [-0.39, 0.29) is 11.6 Å². The second-order valence-electron chi connectivity index (χ2n) is 11.1. The average Bonchev–Trinajstić information content (AvgIpc) is 3.50. The van der Waals surface area contributed by atoms with Crippen molar-refractivity contribution in [1.82, 2.24) is 29.9 Å². The molecule has 39 heavy (non-hydrogen) atoms. The SMILES string of the molecule is CC(C)(C)C(=O)c1c[nH]c2ncc(Br)nc12.COc1ccc(-c2cnc3[nH]cc(C(=O)C(C)(C)C)c3n2)cc1. The van der Waals surface area contributed by atoms with Crippen LogP contribution in [0.1, 0.15) is 62.3 Å². The first-order valence-electron chi connectivity index (χ1n) is 12.4. The van der Waals surface area contributed by atoms with Crippen molar-refractivity contribution in [3.05, 3.63) is 64.8 Å². The summed E-state index contributed by atoms with van der Waals surface area (Å²) in [5.74, 6) is 0.893. The Morgan fingerprint density at radius 2 is 1.26 bits per heavy atom. The van der Waals surface area contributed by atoms with E-state index in [1.165, 1.54) is 0 Å². The standard InChI is InChI=1S/C18H19N3O2.C11H12BrN3O/c1-18(2,3)16(22)13-9-19-17-15(13)21-14(10-20-17)11-5-7-12(23-4)8-6-11;1-11(2,3)9(16)6-4-13-10-8(6)15-7(12)5-14-10/h5-10H,1-4H3,(H,19,20);4-5H,1-3H3,(H,13,14). The molecule has 1 aromatic carbocycles. The lowest BCUT2D eigenvalue weighted by molar-refractivity contribution is 0.0854. The second-order valence-corrected chi connectivity index (χ2v) is 11.9. The lowest BCUT2D eigenvalue weighted by Crippen LogP contribution is -2.20. The van der Waals surface area contributed by atoms with Gasteiger partial charge in [0, 0.05) is 28.8 Å².